The largest absolute Gasteiger partial charge is 0.355 e. The number of hydrogen-bond acceptors (Lipinski definition) is 5. The first-order valence-electron chi connectivity index (χ1n) is 10.1. The molecule has 0 spiro atoms. The third-order valence-corrected chi connectivity index (χ3v) is 5.33. The molecule has 1 aliphatic carbocycles. The molecule has 1 aromatic heterocycles. The molecule has 2 atom stereocenters. The number of carbonyl (C=O) groups is 2. The van der Waals surface area contributed by atoms with Gasteiger partial charge in [-0.25, -0.2) is 9.48 Å². The number of carbonyl (C=O) groups excluding carboxylic acids is 2. The average Bonchev–Trinajstić information content (AvgIpc) is 3.26. The van der Waals surface area contributed by atoms with E-state index in [0.29, 0.717) is 31.7 Å². The Morgan fingerprint density at radius 3 is 2.74 bits per heavy atom. The van der Waals surface area contributed by atoms with Crippen LogP contribution in [0.25, 0.3) is 0 Å². The van der Waals surface area contributed by atoms with E-state index in [1.807, 2.05) is 13.1 Å². The van der Waals surface area contributed by atoms with Gasteiger partial charge < -0.3 is 21.3 Å². The van der Waals surface area contributed by atoms with Crippen LogP contribution in [0.15, 0.2) is 6.20 Å². The average molecular weight is 377 g/mol. The summed E-state index contributed by atoms with van der Waals surface area (Å²) in [6.45, 7) is 3.56. The SMILES string of the molecule is CCNC(=O)[C@@H]1C[C@H](n2cc(CNC(=O)NC3CCCCCC3)nn2)CN1. The zero-order chi connectivity index (χ0) is 19.1. The van der Waals surface area contributed by atoms with Gasteiger partial charge in [-0.15, -0.1) is 5.10 Å². The van der Waals surface area contributed by atoms with Gasteiger partial charge in [0.05, 0.1) is 24.8 Å². The smallest absolute Gasteiger partial charge is 0.315 e. The number of hydrogen-bond donors (Lipinski definition) is 4. The van der Waals surface area contributed by atoms with Crippen LogP contribution in [0.1, 0.15) is 63.6 Å². The van der Waals surface area contributed by atoms with Gasteiger partial charge in [0, 0.05) is 19.1 Å². The number of likely N-dealkylation sites (N-methyl/N-ethyl adjacent to an activating group) is 1. The second kappa shape index (κ2) is 9.68. The molecule has 9 nitrogen and oxygen atoms in total. The second-order valence-electron chi connectivity index (χ2n) is 7.45. The predicted molar refractivity (Wildman–Crippen MR) is 101 cm³/mol. The fourth-order valence-corrected chi connectivity index (χ4v) is 3.82. The molecule has 27 heavy (non-hydrogen) atoms. The van der Waals surface area contributed by atoms with E-state index < -0.39 is 0 Å². The van der Waals surface area contributed by atoms with Crippen LogP contribution >= 0.6 is 0 Å². The van der Waals surface area contributed by atoms with Gasteiger partial charge in [-0.2, -0.15) is 0 Å². The number of amides is 3. The lowest BCUT2D eigenvalue weighted by atomic mass is 10.1. The molecule has 1 aromatic rings. The van der Waals surface area contributed by atoms with E-state index in [1.54, 1.807) is 4.68 Å². The van der Waals surface area contributed by atoms with Gasteiger partial charge >= 0.3 is 6.03 Å². The number of aromatic nitrogens is 3. The number of nitrogens with one attached hydrogen (secondary N) is 4. The van der Waals surface area contributed by atoms with E-state index in [9.17, 15) is 9.59 Å². The van der Waals surface area contributed by atoms with Crippen LogP contribution < -0.4 is 21.3 Å². The van der Waals surface area contributed by atoms with Gasteiger partial charge in [0.15, 0.2) is 0 Å². The molecule has 2 fully saturated rings. The van der Waals surface area contributed by atoms with Crippen LogP contribution in [0.3, 0.4) is 0 Å². The molecule has 2 aliphatic rings. The van der Waals surface area contributed by atoms with Crippen molar-refractivity contribution in [1.82, 2.24) is 36.3 Å². The summed E-state index contributed by atoms with van der Waals surface area (Å²) in [5.74, 6) is 0.0252. The standard InChI is InChI=1S/C18H31N7O2/c1-2-19-17(26)16-9-15(11-20-16)25-12-14(23-24-25)10-21-18(27)22-13-7-5-3-4-6-8-13/h12-13,15-16,20H,2-11H2,1H3,(H,19,26)(H2,21,22,27)/t15-,16-/m0/s1. The van der Waals surface area contributed by atoms with Gasteiger partial charge in [-0.3, -0.25) is 4.79 Å². The fourth-order valence-electron chi connectivity index (χ4n) is 3.82. The molecule has 9 heteroatoms. The zero-order valence-electron chi connectivity index (χ0n) is 16.0. The van der Waals surface area contributed by atoms with E-state index in [2.05, 4.69) is 31.6 Å². The molecule has 0 unspecified atom stereocenters. The number of rotatable bonds is 6. The maximum absolute atomic E-state index is 12.1. The summed E-state index contributed by atoms with van der Waals surface area (Å²) in [6.07, 6.45) is 9.55. The zero-order valence-corrected chi connectivity index (χ0v) is 16.0. The molecule has 4 N–H and O–H groups in total. The van der Waals surface area contributed by atoms with E-state index >= 15 is 0 Å². The van der Waals surface area contributed by atoms with Crippen LogP contribution in [-0.4, -0.2) is 52.1 Å². The lowest BCUT2D eigenvalue weighted by Crippen LogP contribution is -2.41. The summed E-state index contributed by atoms with van der Waals surface area (Å²) in [5, 5.41) is 20.3. The Balaban J connectivity index is 1.43. The van der Waals surface area contributed by atoms with Crippen LogP contribution in [0.5, 0.6) is 0 Å². The molecular weight excluding hydrogens is 346 g/mol. The van der Waals surface area contributed by atoms with Crippen LogP contribution in [0, 0.1) is 0 Å². The van der Waals surface area contributed by atoms with Gasteiger partial charge in [-0.1, -0.05) is 30.9 Å². The summed E-state index contributed by atoms with van der Waals surface area (Å²) >= 11 is 0. The Hall–Kier alpha value is -2.16. The van der Waals surface area contributed by atoms with Crippen molar-refractivity contribution >= 4 is 11.9 Å². The highest BCUT2D eigenvalue weighted by atomic mass is 16.2. The lowest BCUT2D eigenvalue weighted by Gasteiger charge is -2.16. The molecule has 1 saturated carbocycles. The Kier molecular flexibility index (Phi) is 7.03. The van der Waals surface area contributed by atoms with Crippen molar-refractivity contribution in [3.63, 3.8) is 0 Å². The molecule has 0 bridgehead atoms. The highest BCUT2D eigenvalue weighted by Gasteiger charge is 2.30. The predicted octanol–water partition coefficient (Wildman–Crippen LogP) is 0.839. The third kappa shape index (κ3) is 5.66. The van der Waals surface area contributed by atoms with Crippen molar-refractivity contribution in [2.75, 3.05) is 13.1 Å². The number of nitrogens with zero attached hydrogens (tertiary/aromatic N) is 3. The van der Waals surface area contributed by atoms with Crippen molar-refractivity contribution in [1.29, 1.82) is 0 Å². The number of urea groups is 1. The maximum Gasteiger partial charge on any atom is 0.315 e. The highest BCUT2D eigenvalue weighted by Crippen LogP contribution is 2.19. The normalized spacial score (nSPS) is 23.6. The Labute approximate surface area is 160 Å². The Morgan fingerprint density at radius 1 is 1.22 bits per heavy atom. The maximum atomic E-state index is 12.1. The topological polar surface area (TPSA) is 113 Å². The summed E-state index contributed by atoms with van der Waals surface area (Å²) < 4.78 is 1.78. The van der Waals surface area contributed by atoms with Gasteiger partial charge in [0.25, 0.3) is 0 Å². The minimum Gasteiger partial charge on any atom is -0.355 e. The summed E-state index contributed by atoms with van der Waals surface area (Å²) in [7, 11) is 0. The van der Waals surface area contributed by atoms with Gasteiger partial charge in [0.2, 0.25) is 5.91 Å². The summed E-state index contributed by atoms with van der Waals surface area (Å²) in [5.41, 5.74) is 0.715. The van der Waals surface area contributed by atoms with Crippen LogP contribution in [0.2, 0.25) is 0 Å². The molecule has 2 heterocycles. The van der Waals surface area contributed by atoms with E-state index in [1.165, 1.54) is 25.7 Å². The highest BCUT2D eigenvalue weighted by molar-refractivity contribution is 5.82. The van der Waals surface area contributed by atoms with Crippen molar-refractivity contribution in [2.24, 2.45) is 0 Å². The quantitative estimate of drug-likeness (QED) is 0.549. The fraction of sp³-hybridized carbons (Fsp3) is 0.778. The molecule has 1 saturated heterocycles. The molecule has 1 aliphatic heterocycles. The minimum atomic E-state index is -0.189. The van der Waals surface area contributed by atoms with Crippen LogP contribution in [0.4, 0.5) is 4.79 Å². The minimum absolute atomic E-state index is 0.0252. The van der Waals surface area contributed by atoms with E-state index in [-0.39, 0.29) is 30.1 Å². The summed E-state index contributed by atoms with van der Waals surface area (Å²) in [4.78, 5) is 24.0. The molecule has 3 amide bonds. The van der Waals surface area contributed by atoms with E-state index in [4.69, 9.17) is 0 Å². The molecule has 0 aromatic carbocycles. The Morgan fingerprint density at radius 2 is 2.00 bits per heavy atom. The van der Waals surface area contributed by atoms with Gasteiger partial charge in [-0.05, 0) is 26.2 Å². The first-order valence-corrected chi connectivity index (χ1v) is 10.1. The second-order valence-corrected chi connectivity index (χ2v) is 7.45. The van der Waals surface area contributed by atoms with E-state index in [0.717, 1.165) is 12.8 Å². The molecule has 150 valence electrons. The van der Waals surface area contributed by atoms with Gasteiger partial charge in [0.1, 0.15) is 5.69 Å². The monoisotopic (exact) mass is 377 g/mol. The third-order valence-electron chi connectivity index (χ3n) is 5.33. The van der Waals surface area contributed by atoms with Crippen molar-refractivity contribution in [3.05, 3.63) is 11.9 Å². The van der Waals surface area contributed by atoms with Crippen molar-refractivity contribution in [3.8, 4) is 0 Å². The molecule has 0 radical (unpaired) electrons. The van der Waals surface area contributed by atoms with Crippen molar-refractivity contribution < 1.29 is 9.59 Å². The first kappa shape index (κ1) is 19.6. The molecular formula is C18H31N7O2. The van der Waals surface area contributed by atoms with Crippen LogP contribution in [-0.2, 0) is 11.3 Å². The first-order chi connectivity index (χ1) is 13.2. The van der Waals surface area contributed by atoms with Crippen molar-refractivity contribution in [2.45, 2.75) is 76.5 Å². The molecule has 3 rings (SSSR count). The Bertz CT molecular complexity index is 625. The lowest BCUT2D eigenvalue weighted by molar-refractivity contribution is -0.122. The summed E-state index contributed by atoms with van der Waals surface area (Å²) in [6, 6.07) is 0.0407.